The van der Waals surface area contributed by atoms with Crippen molar-refractivity contribution in [1.29, 1.82) is 0 Å². The number of hydrogen-bond acceptors (Lipinski definition) is 3. The van der Waals surface area contributed by atoms with E-state index >= 15 is 0 Å². The van der Waals surface area contributed by atoms with Crippen molar-refractivity contribution < 1.29 is 14.3 Å². The number of rotatable bonds is 5. The van der Waals surface area contributed by atoms with Gasteiger partial charge in [-0.1, -0.05) is 0 Å². The SMILES string of the molecule is Cc1cc(CNC(=O)N(C)CC(O)C2CC2)c(C)o1. The van der Waals surface area contributed by atoms with Crippen molar-refractivity contribution in [3.8, 4) is 0 Å². The first-order valence-electron chi connectivity index (χ1n) is 6.70. The molecule has 5 nitrogen and oxygen atoms in total. The first-order valence-corrected chi connectivity index (χ1v) is 6.70. The maximum atomic E-state index is 11.9. The van der Waals surface area contributed by atoms with Gasteiger partial charge in [0, 0.05) is 25.7 Å². The number of carbonyl (C=O) groups is 1. The number of hydrogen-bond donors (Lipinski definition) is 2. The molecule has 1 unspecified atom stereocenters. The van der Waals surface area contributed by atoms with Crippen LogP contribution in [0.3, 0.4) is 0 Å². The van der Waals surface area contributed by atoms with E-state index in [0.29, 0.717) is 19.0 Å². The van der Waals surface area contributed by atoms with E-state index in [4.69, 9.17) is 4.42 Å². The topological polar surface area (TPSA) is 65.7 Å². The molecule has 1 fully saturated rings. The van der Waals surface area contributed by atoms with Crippen LogP contribution >= 0.6 is 0 Å². The Labute approximate surface area is 113 Å². The molecule has 19 heavy (non-hydrogen) atoms. The highest BCUT2D eigenvalue weighted by molar-refractivity contribution is 5.73. The lowest BCUT2D eigenvalue weighted by Crippen LogP contribution is -2.41. The third kappa shape index (κ3) is 3.73. The van der Waals surface area contributed by atoms with Crippen molar-refractivity contribution in [1.82, 2.24) is 10.2 Å². The van der Waals surface area contributed by atoms with Gasteiger partial charge in [-0.25, -0.2) is 4.79 Å². The molecule has 1 atom stereocenters. The first-order chi connectivity index (χ1) is 8.97. The zero-order valence-electron chi connectivity index (χ0n) is 11.8. The Bertz CT molecular complexity index is 452. The van der Waals surface area contributed by atoms with Gasteiger partial charge in [0.25, 0.3) is 0 Å². The predicted molar refractivity (Wildman–Crippen MR) is 71.8 cm³/mol. The molecule has 1 aliphatic rings. The van der Waals surface area contributed by atoms with Crippen molar-refractivity contribution >= 4 is 6.03 Å². The van der Waals surface area contributed by atoms with Gasteiger partial charge in [0.15, 0.2) is 0 Å². The smallest absolute Gasteiger partial charge is 0.317 e. The molecule has 2 N–H and O–H groups in total. The highest BCUT2D eigenvalue weighted by Gasteiger charge is 2.31. The number of urea groups is 1. The van der Waals surface area contributed by atoms with Crippen LogP contribution in [0.1, 0.15) is 29.9 Å². The van der Waals surface area contributed by atoms with E-state index in [1.807, 2.05) is 19.9 Å². The highest BCUT2D eigenvalue weighted by Crippen LogP contribution is 2.32. The zero-order valence-corrected chi connectivity index (χ0v) is 11.8. The van der Waals surface area contributed by atoms with Gasteiger partial charge in [0.2, 0.25) is 0 Å². The van der Waals surface area contributed by atoms with Crippen LogP contribution in [-0.4, -0.2) is 35.7 Å². The Morgan fingerprint density at radius 1 is 1.58 bits per heavy atom. The third-order valence-electron chi connectivity index (χ3n) is 3.55. The number of aliphatic hydroxyl groups excluding tert-OH is 1. The minimum absolute atomic E-state index is 0.169. The standard InChI is InChI=1S/C14H22N2O3/c1-9-6-12(10(2)19-9)7-15-14(18)16(3)8-13(17)11-4-5-11/h6,11,13,17H,4-5,7-8H2,1-3H3,(H,15,18). The summed E-state index contributed by atoms with van der Waals surface area (Å²) in [6.07, 6.45) is 1.75. The predicted octanol–water partition coefficient (Wildman–Crippen LogP) is 1.81. The minimum Gasteiger partial charge on any atom is -0.466 e. The first kappa shape index (κ1) is 13.9. The van der Waals surface area contributed by atoms with Gasteiger partial charge in [-0.15, -0.1) is 0 Å². The Hall–Kier alpha value is -1.49. The molecule has 0 aromatic carbocycles. The van der Waals surface area contributed by atoms with Crippen LogP contribution in [-0.2, 0) is 6.54 Å². The summed E-state index contributed by atoms with van der Waals surface area (Å²) in [5.41, 5.74) is 0.988. The highest BCUT2D eigenvalue weighted by atomic mass is 16.3. The Balaban J connectivity index is 1.78. The van der Waals surface area contributed by atoms with Gasteiger partial charge < -0.3 is 19.7 Å². The zero-order chi connectivity index (χ0) is 14.0. The van der Waals surface area contributed by atoms with Crippen LogP contribution in [0.15, 0.2) is 10.5 Å². The van der Waals surface area contributed by atoms with E-state index in [1.165, 1.54) is 4.90 Å². The van der Waals surface area contributed by atoms with Gasteiger partial charge >= 0.3 is 6.03 Å². The Morgan fingerprint density at radius 3 is 2.79 bits per heavy atom. The number of aliphatic hydroxyl groups is 1. The largest absolute Gasteiger partial charge is 0.466 e. The summed E-state index contributed by atoms with van der Waals surface area (Å²) in [4.78, 5) is 13.4. The molecule has 1 aromatic heterocycles. The van der Waals surface area contributed by atoms with E-state index in [0.717, 1.165) is 29.9 Å². The summed E-state index contributed by atoms with van der Waals surface area (Å²) in [7, 11) is 1.70. The fraction of sp³-hybridized carbons (Fsp3) is 0.643. The third-order valence-corrected chi connectivity index (χ3v) is 3.55. The van der Waals surface area contributed by atoms with Crippen molar-refractivity contribution in [3.63, 3.8) is 0 Å². The number of aryl methyl sites for hydroxylation is 2. The second-order valence-electron chi connectivity index (χ2n) is 5.38. The van der Waals surface area contributed by atoms with Crippen molar-refractivity contribution in [2.75, 3.05) is 13.6 Å². The lowest BCUT2D eigenvalue weighted by Gasteiger charge is -2.21. The summed E-state index contributed by atoms with van der Waals surface area (Å²) >= 11 is 0. The maximum absolute atomic E-state index is 11.9. The molecular weight excluding hydrogens is 244 g/mol. The average molecular weight is 266 g/mol. The van der Waals surface area contributed by atoms with Gasteiger partial charge in [-0.2, -0.15) is 0 Å². The van der Waals surface area contributed by atoms with Crippen LogP contribution in [0.5, 0.6) is 0 Å². The van der Waals surface area contributed by atoms with E-state index in [-0.39, 0.29) is 6.03 Å². The molecular formula is C14H22N2O3. The fourth-order valence-corrected chi connectivity index (χ4v) is 2.16. The molecule has 5 heteroatoms. The molecule has 1 saturated carbocycles. The second kappa shape index (κ2) is 5.65. The minimum atomic E-state index is -0.395. The molecule has 1 aromatic rings. The quantitative estimate of drug-likeness (QED) is 0.854. The Kier molecular flexibility index (Phi) is 4.14. The molecule has 0 spiro atoms. The van der Waals surface area contributed by atoms with Crippen LogP contribution in [0.2, 0.25) is 0 Å². The molecule has 1 aliphatic carbocycles. The van der Waals surface area contributed by atoms with Crippen molar-refractivity contribution in [2.45, 2.75) is 39.3 Å². The summed E-state index contributed by atoms with van der Waals surface area (Å²) in [5.74, 6) is 2.06. The molecule has 106 valence electrons. The maximum Gasteiger partial charge on any atom is 0.317 e. The van der Waals surface area contributed by atoms with E-state index in [9.17, 15) is 9.90 Å². The van der Waals surface area contributed by atoms with Gasteiger partial charge in [-0.3, -0.25) is 0 Å². The van der Waals surface area contributed by atoms with Crippen LogP contribution in [0.25, 0.3) is 0 Å². The normalized spacial score (nSPS) is 16.2. The number of nitrogens with one attached hydrogen (secondary N) is 1. The summed E-state index contributed by atoms with van der Waals surface area (Å²) in [6, 6.07) is 1.76. The molecule has 1 heterocycles. The summed E-state index contributed by atoms with van der Waals surface area (Å²) in [6.45, 7) is 4.61. The van der Waals surface area contributed by atoms with Crippen LogP contribution < -0.4 is 5.32 Å². The number of carbonyl (C=O) groups excluding carboxylic acids is 1. The summed E-state index contributed by atoms with van der Waals surface area (Å²) < 4.78 is 5.41. The monoisotopic (exact) mass is 266 g/mol. The lowest BCUT2D eigenvalue weighted by atomic mass is 10.2. The number of amides is 2. The second-order valence-corrected chi connectivity index (χ2v) is 5.38. The van der Waals surface area contributed by atoms with E-state index in [2.05, 4.69) is 5.32 Å². The number of likely N-dealkylation sites (N-methyl/N-ethyl adjacent to an activating group) is 1. The molecule has 0 bridgehead atoms. The molecule has 0 aliphatic heterocycles. The Morgan fingerprint density at radius 2 is 2.26 bits per heavy atom. The molecule has 0 saturated heterocycles. The van der Waals surface area contributed by atoms with Crippen molar-refractivity contribution in [2.24, 2.45) is 5.92 Å². The number of nitrogens with zero attached hydrogens (tertiary/aromatic N) is 1. The van der Waals surface area contributed by atoms with E-state index in [1.54, 1.807) is 7.05 Å². The van der Waals surface area contributed by atoms with E-state index < -0.39 is 6.10 Å². The fourth-order valence-electron chi connectivity index (χ4n) is 2.16. The van der Waals surface area contributed by atoms with Gasteiger partial charge in [-0.05, 0) is 38.7 Å². The molecule has 2 amide bonds. The number of furan rings is 1. The van der Waals surface area contributed by atoms with Gasteiger partial charge in [0.1, 0.15) is 11.5 Å². The van der Waals surface area contributed by atoms with Gasteiger partial charge in [0.05, 0.1) is 6.10 Å². The molecule has 2 rings (SSSR count). The average Bonchev–Trinajstić information content (AvgIpc) is 3.13. The van der Waals surface area contributed by atoms with Crippen LogP contribution in [0, 0.1) is 19.8 Å². The lowest BCUT2D eigenvalue weighted by molar-refractivity contribution is 0.113. The van der Waals surface area contributed by atoms with Crippen LogP contribution in [0.4, 0.5) is 4.79 Å². The summed E-state index contributed by atoms with van der Waals surface area (Å²) in [5, 5.41) is 12.6. The molecule has 0 radical (unpaired) electrons. The van der Waals surface area contributed by atoms with Crippen molar-refractivity contribution in [3.05, 3.63) is 23.2 Å².